The van der Waals surface area contributed by atoms with E-state index in [1.165, 1.54) is 19.2 Å². The highest BCUT2D eigenvalue weighted by molar-refractivity contribution is 6.34. The molecule has 0 aliphatic carbocycles. The van der Waals surface area contributed by atoms with Crippen LogP contribution in [-0.4, -0.2) is 37.9 Å². The van der Waals surface area contributed by atoms with Gasteiger partial charge in [-0.15, -0.1) is 0 Å². The van der Waals surface area contributed by atoms with E-state index in [0.29, 0.717) is 35.0 Å². The van der Waals surface area contributed by atoms with Crippen molar-refractivity contribution in [3.63, 3.8) is 0 Å². The number of halogens is 1. The predicted octanol–water partition coefficient (Wildman–Crippen LogP) is 3.52. The molecule has 2 aromatic rings. The average molecular weight is 388 g/mol. The van der Waals surface area contributed by atoms with E-state index in [1.807, 2.05) is 0 Å². The second-order valence-corrected chi connectivity index (χ2v) is 6.45. The Balaban J connectivity index is 1.67. The topological polar surface area (TPSA) is 72.9 Å². The zero-order chi connectivity index (χ0) is 19.4. The van der Waals surface area contributed by atoms with Gasteiger partial charge in [0.1, 0.15) is 5.75 Å². The van der Waals surface area contributed by atoms with Crippen molar-refractivity contribution in [3.05, 3.63) is 58.6 Å². The van der Waals surface area contributed by atoms with Gasteiger partial charge in [-0.25, -0.2) is 4.79 Å². The minimum atomic E-state index is -0.651. The number of esters is 1. The van der Waals surface area contributed by atoms with Crippen molar-refractivity contribution in [3.8, 4) is 5.75 Å². The number of hydrogen-bond acceptors (Lipinski definition) is 5. The van der Waals surface area contributed by atoms with Crippen LogP contribution in [0, 0.1) is 0 Å². The number of hydrogen-bond donors (Lipinski definition) is 0. The van der Waals surface area contributed by atoms with Crippen LogP contribution < -0.4 is 9.64 Å². The van der Waals surface area contributed by atoms with E-state index < -0.39 is 5.97 Å². The van der Waals surface area contributed by atoms with E-state index >= 15 is 0 Å². The minimum Gasteiger partial charge on any atom is -0.497 e. The summed E-state index contributed by atoms with van der Waals surface area (Å²) in [7, 11) is 1.54. The van der Waals surface area contributed by atoms with Gasteiger partial charge in [0.05, 0.1) is 23.4 Å². The molecular weight excluding hydrogens is 370 g/mol. The summed E-state index contributed by atoms with van der Waals surface area (Å²) in [5.41, 5.74) is 1.13. The summed E-state index contributed by atoms with van der Waals surface area (Å²) in [5, 5.41) is 0.385. The van der Waals surface area contributed by atoms with Crippen LogP contribution in [0.15, 0.2) is 42.5 Å². The highest BCUT2D eigenvalue weighted by atomic mass is 35.5. The van der Waals surface area contributed by atoms with Gasteiger partial charge in [-0.3, -0.25) is 9.59 Å². The number of nitrogens with zero attached hydrogens (tertiary/aromatic N) is 1. The smallest absolute Gasteiger partial charge is 0.338 e. The Morgan fingerprint density at radius 1 is 1.11 bits per heavy atom. The SMILES string of the molecule is COc1ccc(C(=O)COC(=O)c2ccc(Cl)c(N3CCCC3=O)c2)cc1. The second kappa shape index (κ2) is 8.22. The molecule has 1 aliphatic heterocycles. The van der Waals surface area contributed by atoms with Gasteiger partial charge in [0, 0.05) is 18.5 Å². The van der Waals surface area contributed by atoms with Crippen molar-refractivity contribution in [2.45, 2.75) is 12.8 Å². The number of carbonyl (C=O) groups excluding carboxylic acids is 3. The fourth-order valence-electron chi connectivity index (χ4n) is 2.82. The Kier molecular flexibility index (Phi) is 5.76. The quantitative estimate of drug-likeness (QED) is 0.560. The first-order chi connectivity index (χ1) is 13.0. The summed E-state index contributed by atoms with van der Waals surface area (Å²) in [6, 6.07) is 11.1. The van der Waals surface area contributed by atoms with Crippen molar-refractivity contribution < 1.29 is 23.9 Å². The first kappa shape index (κ1) is 18.9. The van der Waals surface area contributed by atoms with Crippen LogP contribution in [0.4, 0.5) is 5.69 Å². The highest BCUT2D eigenvalue weighted by Crippen LogP contribution is 2.30. The number of Topliss-reactive ketones (excluding diaryl/α,β-unsaturated/α-hetero) is 1. The van der Waals surface area contributed by atoms with Gasteiger partial charge in [0.25, 0.3) is 0 Å². The van der Waals surface area contributed by atoms with Crippen molar-refractivity contribution in [2.24, 2.45) is 0 Å². The number of rotatable bonds is 6. The molecule has 7 heteroatoms. The van der Waals surface area contributed by atoms with Gasteiger partial charge < -0.3 is 14.4 Å². The van der Waals surface area contributed by atoms with Crippen LogP contribution in [-0.2, 0) is 9.53 Å². The fourth-order valence-corrected chi connectivity index (χ4v) is 3.04. The number of carbonyl (C=O) groups is 3. The molecule has 2 aromatic carbocycles. The number of amides is 1. The number of ether oxygens (including phenoxy) is 2. The summed E-state index contributed by atoms with van der Waals surface area (Å²) in [5.74, 6) is -0.373. The number of anilines is 1. The molecule has 6 nitrogen and oxygen atoms in total. The Bertz CT molecular complexity index is 878. The van der Waals surface area contributed by atoms with E-state index in [2.05, 4.69) is 0 Å². The number of methoxy groups -OCH3 is 1. The molecule has 3 rings (SSSR count). The van der Waals surface area contributed by atoms with Gasteiger partial charge in [-0.2, -0.15) is 0 Å². The third-order valence-corrected chi connectivity index (χ3v) is 4.61. The highest BCUT2D eigenvalue weighted by Gasteiger charge is 2.25. The van der Waals surface area contributed by atoms with E-state index in [-0.39, 0.29) is 23.9 Å². The molecule has 0 aromatic heterocycles. The first-order valence-electron chi connectivity index (χ1n) is 8.44. The molecule has 1 aliphatic rings. The van der Waals surface area contributed by atoms with Crippen LogP contribution in [0.1, 0.15) is 33.6 Å². The van der Waals surface area contributed by atoms with Gasteiger partial charge in [-0.05, 0) is 48.9 Å². The zero-order valence-corrected chi connectivity index (χ0v) is 15.5. The maximum absolute atomic E-state index is 12.3. The lowest BCUT2D eigenvalue weighted by atomic mass is 10.1. The molecule has 1 saturated heterocycles. The molecule has 0 saturated carbocycles. The standard InChI is InChI=1S/C20H18ClNO5/c1-26-15-7-4-13(5-8-15)18(23)12-27-20(25)14-6-9-16(21)17(11-14)22-10-2-3-19(22)24/h4-9,11H,2-3,10,12H2,1H3. The van der Waals surface area contributed by atoms with Crippen molar-refractivity contribution in [1.82, 2.24) is 0 Å². The molecule has 0 atom stereocenters. The summed E-state index contributed by atoms with van der Waals surface area (Å²) < 4.78 is 10.2. The molecule has 0 bridgehead atoms. The van der Waals surface area contributed by atoms with Crippen molar-refractivity contribution >= 4 is 34.9 Å². The largest absolute Gasteiger partial charge is 0.497 e. The van der Waals surface area contributed by atoms with Crippen LogP contribution in [0.5, 0.6) is 5.75 Å². The predicted molar refractivity (Wildman–Crippen MR) is 101 cm³/mol. The summed E-state index contributed by atoms with van der Waals surface area (Å²) >= 11 is 6.17. The molecule has 1 heterocycles. The monoisotopic (exact) mass is 387 g/mol. The molecule has 0 radical (unpaired) electrons. The lowest BCUT2D eigenvalue weighted by Gasteiger charge is -2.18. The second-order valence-electron chi connectivity index (χ2n) is 6.04. The lowest BCUT2D eigenvalue weighted by Crippen LogP contribution is -2.24. The summed E-state index contributed by atoms with van der Waals surface area (Å²) in [6.45, 7) is 0.179. The van der Waals surface area contributed by atoms with E-state index in [9.17, 15) is 14.4 Å². The maximum atomic E-state index is 12.3. The molecule has 27 heavy (non-hydrogen) atoms. The lowest BCUT2D eigenvalue weighted by molar-refractivity contribution is -0.117. The first-order valence-corrected chi connectivity index (χ1v) is 8.81. The molecule has 1 amide bonds. The summed E-state index contributed by atoms with van der Waals surface area (Å²) in [4.78, 5) is 37.9. The molecule has 1 fully saturated rings. The van der Waals surface area contributed by atoms with Crippen molar-refractivity contribution in [1.29, 1.82) is 0 Å². The molecule has 0 N–H and O–H groups in total. The Morgan fingerprint density at radius 3 is 2.44 bits per heavy atom. The molecule has 140 valence electrons. The van der Waals surface area contributed by atoms with E-state index in [1.54, 1.807) is 35.2 Å². The van der Waals surface area contributed by atoms with Gasteiger partial charge in [0.15, 0.2) is 12.4 Å². The fraction of sp³-hybridized carbons (Fsp3) is 0.250. The Labute approximate surface area is 161 Å². The third-order valence-electron chi connectivity index (χ3n) is 4.29. The van der Waals surface area contributed by atoms with Crippen LogP contribution >= 0.6 is 11.6 Å². The molecule has 0 unspecified atom stereocenters. The number of benzene rings is 2. The Morgan fingerprint density at radius 2 is 1.81 bits per heavy atom. The molecular formula is C20H18ClNO5. The van der Waals surface area contributed by atoms with Crippen molar-refractivity contribution in [2.75, 3.05) is 25.2 Å². The van der Waals surface area contributed by atoms with Gasteiger partial charge in [0.2, 0.25) is 5.91 Å². The van der Waals surface area contributed by atoms with Gasteiger partial charge >= 0.3 is 5.97 Å². The number of ketones is 1. The van der Waals surface area contributed by atoms with E-state index in [4.69, 9.17) is 21.1 Å². The molecule has 0 spiro atoms. The third kappa shape index (κ3) is 4.28. The Hall–Kier alpha value is -2.86. The normalized spacial score (nSPS) is 13.6. The minimum absolute atomic E-state index is 0.0305. The van der Waals surface area contributed by atoms with Crippen LogP contribution in [0.25, 0.3) is 0 Å². The maximum Gasteiger partial charge on any atom is 0.338 e. The zero-order valence-electron chi connectivity index (χ0n) is 14.7. The van der Waals surface area contributed by atoms with Gasteiger partial charge in [-0.1, -0.05) is 11.6 Å². The van der Waals surface area contributed by atoms with Crippen LogP contribution in [0.3, 0.4) is 0 Å². The van der Waals surface area contributed by atoms with E-state index in [0.717, 1.165) is 6.42 Å². The average Bonchev–Trinajstić information content (AvgIpc) is 3.12. The van der Waals surface area contributed by atoms with Crippen LogP contribution in [0.2, 0.25) is 5.02 Å². The summed E-state index contributed by atoms with van der Waals surface area (Å²) in [6.07, 6.45) is 1.21.